The molecule has 1 aliphatic heterocycles. The first-order valence-corrected chi connectivity index (χ1v) is 18.6. The quantitative estimate of drug-likeness (QED) is 0.0531. The van der Waals surface area contributed by atoms with Crippen LogP contribution in [-0.4, -0.2) is 96.3 Å². The summed E-state index contributed by atoms with van der Waals surface area (Å²) >= 11 is 0. The predicted octanol–water partition coefficient (Wildman–Crippen LogP) is 4.84. The van der Waals surface area contributed by atoms with E-state index >= 15 is 0 Å². The summed E-state index contributed by atoms with van der Waals surface area (Å²) in [6, 6.07) is 10.9. The van der Waals surface area contributed by atoms with Crippen LogP contribution in [0.15, 0.2) is 74.6 Å². The molecular weight excluding hydrogens is 717 g/mol. The third-order valence-corrected chi connectivity index (χ3v) is 10.4. The van der Waals surface area contributed by atoms with Crippen molar-refractivity contribution in [2.75, 3.05) is 38.0 Å². The van der Waals surface area contributed by atoms with Gasteiger partial charge in [-0.2, -0.15) is 5.26 Å². The third-order valence-electron chi connectivity index (χ3n) is 8.25. The molecule has 18 nitrogen and oxygen atoms in total. The molecule has 0 bridgehead atoms. The van der Waals surface area contributed by atoms with Gasteiger partial charge in [-0.1, -0.05) is 24.8 Å². The molecule has 0 spiro atoms. The number of aryl methyl sites for hydroxylation is 1. The number of nitriles is 1. The minimum absolute atomic E-state index is 0.00434. The molecule has 54 heavy (non-hydrogen) atoms. The van der Waals surface area contributed by atoms with Gasteiger partial charge in [0.2, 0.25) is 0 Å². The van der Waals surface area contributed by atoms with Crippen LogP contribution in [0.2, 0.25) is 0 Å². The highest BCUT2D eigenvalue weighted by atomic mass is 31.2. The number of anilines is 2. The molecular formula is C35H40N11O7P. The van der Waals surface area contributed by atoms with Crippen molar-refractivity contribution in [2.45, 2.75) is 57.5 Å². The standard InChI is InChI=1S/C35H40N11O7P/c1-5-17-54(50-16-10-14-36,53-27(48-4)13-15-45-22-42-28-30(37-3)38-20-40-32(28)45)52-26-18-25(19-49-6-2)51-35(26)46-23-43-29-31(39-21-41-33(29)46)44-34(47)24-11-8-7-9-12-24/h5-9,11-12,20-23,25-27,35H,2,10,13,15-16,18-19H2,1,3-4H3,(H,37,38,40)(H,39,41,44,47)/t25?,26-,27?,35?,54?/m1/s1. The second-order valence-electron chi connectivity index (χ2n) is 11.7. The van der Waals surface area contributed by atoms with E-state index in [2.05, 4.69) is 58.6 Å². The molecule has 2 N–H and O–H groups in total. The molecule has 1 aliphatic rings. The van der Waals surface area contributed by atoms with Crippen molar-refractivity contribution in [1.29, 1.82) is 5.26 Å². The Balaban J connectivity index is 1.29. The zero-order valence-electron chi connectivity index (χ0n) is 29.9. The number of fused-ring (bicyclic) bond motifs is 2. The maximum atomic E-state index is 13.0. The molecule has 0 aliphatic carbocycles. The van der Waals surface area contributed by atoms with E-state index in [0.717, 1.165) is 0 Å². The van der Waals surface area contributed by atoms with Gasteiger partial charge in [-0.25, -0.2) is 29.9 Å². The fourth-order valence-electron chi connectivity index (χ4n) is 5.81. The lowest BCUT2D eigenvalue weighted by molar-refractivity contribution is -0.0855. The van der Waals surface area contributed by atoms with Gasteiger partial charge in [0, 0.05) is 39.1 Å². The number of carbonyl (C=O) groups excluding carboxylic acids is 1. The number of aromatic nitrogens is 8. The van der Waals surface area contributed by atoms with Crippen LogP contribution >= 0.6 is 7.57 Å². The Morgan fingerprint density at radius 2 is 1.87 bits per heavy atom. The Morgan fingerprint density at radius 3 is 2.61 bits per heavy atom. The monoisotopic (exact) mass is 757 g/mol. The van der Waals surface area contributed by atoms with E-state index in [-0.39, 0.29) is 31.4 Å². The van der Waals surface area contributed by atoms with Gasteiger partial charge in [0.05, 0.1) is 44.1 Å². The van der Waals surface area contributed by atoms with E-state index in [9.17, 15) is 10.1 Å². The van der Waals surface area contributed by atoms with Gasteiger partial charge < -0.3 is 38.5 Å². The molecule has 0 saturated carbocycles. The van der Waals surface area contributed by atoms with Crippen LogP contribution in [0.5, 0.6) is 0 Å². The lowest BCUT2D eigenvalue weighted by Gasteiger charge is -2.31. The zero-order chi connectivity index (χ0) is 37.9. The fraction of sp³-hybridized carbons (Fsp3) is 0.371. The van der Waals surface area contributed by atoms with Crippen LogP contribution in [0, 0.1) is 11.3 Å². The van der Waals surface area contributed by atoms with Gasteiger partial charge in [-0.3, -0.25) is 13.9 Å². The summed E-state index contributed by atoms with van der Waals surface area (Å²) < 4.78 is 41.1. The van der Waals surface area contributed by atoms with Crippen LogP contribution in [0.25, 0.3) is 22.3 Å². The van der Waals surface area contributed by atoms with Gasteiger partial charge in [-0.05, 0) is 30.6 Å². The van der Waals surface area contributed by atoms with Crippen molar-refractivity contribution >= 4 is 52.9 Å². The highest BCUT2D eigenvalue weighted by Gasteiger charge is 2.43. The summed E-state index contributed by atoms with van der Waals surface area (Å²) in [5.41, 5.74) is 5.64. The first-order chi connectivity index (χ1) is 26.4. The number of imidazole rings is 2. The van der Waals surface area contributed by atoms with Crippen LogP contribution < -0.4 is 10.6 Å². The van der Waals surface area contributed by atoms with Crippen LogP contribution in [0.4, 0.5) is 11.6 Å². The Labute approximate surface area is 311 Å². The number of nitrogens with zero attached hydrogens (tertiary/aromatic N) is 9. The first-order valence-electron chi connectivity index (χ1n) is 17.0. The second-order valence-corrected chi connectivity index (χ2v) is 13.6. The Hall–Kier alpha value is -5.50. The van der Waals surface area contributed by atoms with Crippen LogP contribution in [0.1, 0.15) is 42.8 Å². The normalized spacial score (nSPS) is 18.4. The highest BCUT2D eigenvalue weighted by Crippen LogP contribution is 2.55. The van der Waals surface area contributed by atoms with Gasteiger partial charge in [0.15, 0.2) is 41.0 Å². The van der Waals surface area contributed by atoms with Gasteiger partial charge in [-0.15, -0.1) is 0 Å². The Kier molecular flexibility index (Phi) is 12.8. The number of carbonyl (C=O) groups is 1. The number of methoxy groups -OCH3 is 1. The molecule has 4 unspecified atom stereocenters. The third kappa shape index (κ3) is 8.65. The zero-order valence-corrected chi connectivity index (χ0v) is 30.8. The van der Waals surface area contributed by atoms with Crippen LogP contribution in [-0.2, 0) is 34.3 Å². The van der Waals surface area contributed by atoms with Crippen molar-refractivity contribution in [3.63, 3.8) is 0 Å². The summed E-state index contributed by atoms with van der Waals surface area (Å²) in [5.74, 6) is 0.489. The maximum Gasteiger partial charge on any atom is 0.306 e. The van der Waals surface area contributed by atoms with Gasteiger partial charge in [0.1, 0.15) is 30.9 Å². The molecule has 1 saturated heterocycles. The molecule has 6 rings (SSSR count). The highest BCUT2D eigenvalue weighted by molar-refractivity contribution is 7.60. The molecule has 1 aromatic carbocycles. The fourth-order valence-corrected chi connectivity index (χ4v) is 7.87. The summed E-state index contributed by atoms with van der Waals surface area (Å²) in [5, 5.41) is 15.2. The number of nitrogens with one attached hydrogen (secondary N) is 2. The SMILES string of the molecule is C=COCC1C[C@@H](OP(=C=CC)(OCCC#N)OC(CCn2cnc3c(NC)ncnc32)OC)C(n2cnc3c(NC(=O)c4ccccc4)ncnc32)O1. The van der Waals surface area contributed by atoms with Gasteiger partial charge >= 0.3 is 7.57 Å². The minimum atomic E-state index is -3.54. The number of amides is 1. The average molecular weight is 758 g/mol. The molecule has 0 radical (unpaired) electrons. The van der Waals surface area contributed by atoms with E-state index in [1.165, 1.54) is 26.0 Å². The minimum Gasteiger partial charge on any atom is -0.499 e. The molecule has 282 valence electrons. The number of rotatable bonds is 18. The van der Waals surface area contributed by atoms with E-state index in [0.29, 0.717) is 53.1 Å². The van der Waals surface area contributed by atoms with E-state index < -0.39 is 32.3 Å². The maximum absolute atomic E-state index is 13.0. The number of ether oxygens (including phenoxy) is 3. The second kappa shape index (κ2) is 18.0. The molecule has 4 aromatic heterocycles. The summed E-state index contributed by atoms with van der Waals surface area (Å²) in [4.78, 5) is 39.4. The van der Waals surface area contributed by atoms with E-state index in [1.54, 1.807) is 61.5 Å². The van der Waals surface area contributed by atoms with Crippen molar-refractivity contribution in [2.24, 2.45) is 0 Å². The van der Waals surface area contributed by atoms with E-state index in [4.69, 9.17) is 27.8 Å². The summed E-state index contributed by atoms with van der Waals surface area (Å²) in [6.07, 6.45) is 6.94. The molecule has 5 heterocycles. The summed E-state index contributed by atoms with van der Waals surface area (Å²) in [7, 11) is -0.247. The van der Waals surface area contributed by atoms with Crippen LogP contribution in [0.3, 0.4) is 0 Å². The van der Waals surface area contributed by atoms with Crippen molar-refractivity contribution in [3.05, 3.63) is 80.1 Å². The molecule has 5 atom stereocenters. The number of benzene rings is 1. The molecule has 5 aromatic rings. The lowest BCUT2D eigenvalue weighted by Crippen LogP contribution is -2.25. The number of hydrogen-bond acceptors (Lipinski definition) is 15. The predicted molar refractivity (Wildman–Crippen MR) is 199 cm³/mol. The number of allylic oxidation sites excluding steroid dienone is 1. The van der Waals surface area contributed by atoms with Crippen molar-refractivity contribution in [3.8, 4) is 6.07 Å². The molecule has 19 heteroatoms. The average Bonchev–Trinajstić information content (AvgIpc) is 3.93. The first kappa shape index (κ1) is 38.2. The van der Waals surface area contributed by atoms with Crippen molar-refractivity contribution in [1.82, 2.24) is 39.0 Å². The molecule has 1 fully saturated rings. The molecule has 1 amide bonds. The largest absolute Gasteiger partial charge is 0.499 e. The Morgan fingerprint density at radius 1 is 1.11 bits per heavy atom. The van der Waals surface area contributed by atoms with Crippen molar-refractivity contribution < 1.29 is 32.6 Å². The van der Waals surface area contributed by atoms with Gasteiger partial charge in [0.25, 0.3) is 5.91 Å². The van der Waals surface area contributed by atoms with E-state index in [1.807, 2.05) is 10.6 Å². The summed E-state index contributed by atoms with van der Waals surface area (Å²) in [6.45, 7) is 6.03. The Bertz CT molecular complexity index is 2200. The topological polar surface area (TPSA) is 208 Å². The smallest absolute Gasteiger partial charge is 0.306 e. The lowest BCUT2D eigenvalue weighted by atomic mass is 10.2. The number of hydrogen-bond donors (Lipinski definition) is 2.